The number of ether oxygens (including phenoxy) is 1. The van der Waals surface area contributed by atoms with Crippen molar-refractivity contribution >= 4 is 23.4 Å². The second-order valence-corrected chi connectivity index (χ2v) is 8.08. The smallest absolute Gasteiger partial charge is 0.237 e. The van der Waals surface area contributed by atoms with E-state index in [1.54, 1.807) is 7.11 Å². The highest BCUT2D eigenvalue weighted by Gasteiger charge is 2.23. The van der Waals surface area contributed by atoms with Crippen molar-refractivity contribution in [3.63, 3.8) is 0 Å². The number of methoxy groups -OCH3 is 1. The average Bonchev–Trinajstić information content (AvgIpc) is 3.11. The molecule has 0 bridgehead atoms. The predicted octanol–water partition coefficient (Wildman–Crippen LogP) is 3.96. The Bertz CT molecular complexity index is 1030. The number of hydrogen-bond donors (Lipinski definition) is 0. The Morgan fingerprint density at radius 2 is 1.93 bits per heavy atom. The Morgan fingerprint density at radius 3 is 2.69 bits per heavy atom. The third-order valence-electron chi connectivity index (χ3n) is 5.11. The van der Waals surface area contributed by atoms with Crippen molar-refractivity contribution in [2.24, 2.45) is 0 Å². The van der Waals surface area contributed by atoms with Crippen LogP contribution >= 0.6 is 11.8 Å². The fourth-order valence-corrected chi connectivity index (χ4v) is 4.53. The van der Waals surface area contributed by atoms with Gasteiger partial charge in [-0.1, -0.05) is 29.5 Å². The Labute approximate surface area is 174 Å². The maximum absolute atomic E-state index is 13.0. The zero-order valence-electron chi connectivity index (χ0n) is 16.9. The van der Waals surface area contributed by atoms with Gasteiger partial charge in [0.2, 0.25) is 5.91 Å². The van der Waals surface area contributed by atoms with Crippen molar-refractivity contribution in [3.05, 3.63) is 59.4 Å². The highest BCUT2D eigenvalue weighted by molar-refractivity contribution is 7.99. The summed E-state index contributed by atoms with van der Waals surface area (Å²) in [5.74, 6) is 2.00. The fraction of sp³-hybridized carbons (Fsp3) is 0.318. The zero-order valence-corrected chi connectivity index (χ0v) is 17.7. The first kappa shape index (κ1) is 19.5. The largest absolute Gasteiger partial charge is 0.497 e. The van der Waals surface area contributed by atoms with Crippen molar-refractivity contribution in [3.8, 4) is 11.4 Å². The number of carbonyl (C=O) groups is 1. The molecule has 6 nitrogen and oxygen atoms in total. The van der Waals surface area contributed by atoms with Crippen LogP contribution in [-0.2, 0) is 11.2 Å². The second-order valence-electron chi connectivity index (χ2n) is 7.13. The van der Waals surface area contributed by atoms with Gasteiger partial charge in [-0.3, -0.25) is 9.36 Å². The van der Waals surface area contributed by atoms with E-state index in [4.69, 9.17) is 4.74 Å². The molecule has 2 aromatic carbocycles. The molecule has 29 heavy (non-hydrogen) atoms. The molecule has 0 spiro atoms. The van der Waals surface area contributed by atoms with Gasteiger partial charge < -0.3 is 9.64 Å². The van der Waals surface area contributed by atoms with Gasteiger partial charge in [0.05, 0.1) is 12.9 Å². The lowest BCUT2D eigenvalue weighted by Crippen LogP contribution is -2.36. The summed E-state index contributed by atoms with van der Waals surface area (Å²) < 4.78 is 7.20. The topological polar surface area (TPSA) is 60.2 Å². The highest BCUT2D eigenvalue weighted by atomic mass is 32.2. The molecule has 0 unspecified atom stereocenters. The monoisotopic (exact) mass is 408 g/mol. The molecule has 1 aliphatic heterocycles. The normalized spacial score (nSPS) is 13.3. The van der Waals surface area contributed by atoms with Crippen LogP contribution in [0.25, 0.3) is 5.69 Å². The van der Waals surface area contributed by atoms with Gasteiger partial charge in [-0.15, -0.1) is 10.2 Å². The van der Waals surface area contributed by atoms with Crippen LogP contribution in [0, 0.1) is 13.8 Å². The van der Waals surface area contributed by atoms with Gasteiger partial charge in [-0.25, -0.2) is 0 Å². The van der Waals surface area contributed by atoms with Crippen molar-refractivity contribution < 1.29 is 9.53 Å². The first-order chi connectivity index (χ1) is 14.1. The van der Waals surface area contributed by atoms with E-state index in [2.05, 4.69) is 35.3 Å². The maximum atomic E-state index is 13.0. The van der Waals surface area contributed by atoms with E-state index in [0.717, 1.165) is 42.3 Å². The van der Waals surface area contributed by atoms with Crippen LogP contribution in [0.1, 0.15) is 23.4 Å². The molecule has 3 aromatic rings. The number of fused-ring (bicyclic) bond motifs is 1. The van der Waals surface area contributed by atoms with Crippen LogP contribution in [0.5, 0.6) is 5.75 Å². The molecule has 7 heteroatoms. The average molecular weight is 409 g/mol. The summed E-state index contributed by atoms with van der Waals surface area (Å²) in [6.45, 7) is 4.76. The molecule has 2 heterocycles. The summed E-state index contributed by atoms with van der Waals surface area (Å²) in [5, 5.41) is 9.20. The molecular weight excluding hydrogens is 384 g/mol. The van der Waals surface area contributed by atoms with E-state index < -0.39 is 0 Å². The highest BCUT2D eigenvalue weighted by Crippen LogP contribution is 2.30. The zero-order chi connectivity index (χ0) is 20.4. The summed E-state index contributed by atoms with van der Waals surface area (Å²) in [6, 6.07) is 14.1. The Hall–Kier alpha value is -2.80. The maximum Gasteiger partial charge on any atom is 0.237 e. The van der Waals surface area contributed by atoms with Gasteiger partial charge in [0.25, 0.3) is 0 Å². The Balaban J connectivity index is 1.51. The van der Waals surface area contributed by atoms with E-state index in [0.29, 0.717) is 10.9 Å². The first-order valence-electron chi connectivity index (χ1n) is 9.66. The summed E-state index contributed by atoms with van der Waals surface area (Å²) >= 11 is 1.42. The summed E-state index contributed by atoms with van der Waals surface area (Å²) in [4.78, 5) is 14.9. The van der Waals surface area contributed by atoms with E-state index in [1.807, 2.05) is 40.7 Å². The lowest BCUT2D eigenvalue weighted by Gasteiger charge is -2.29. The van der Waals surface area contributed by atoms with Gasteiger partial charge in [0.15, 0.2) is 5.16 Å². The molecule has 0 aliphatic carbocycles. The lowest BCUT2D eigenvalue weighted by molar-refractivity contribution is -0.116. The van der Waals surface area contributed by atoms with Crippen molar-refractivity contribution in [1.29, 1.82) is 0 Å². The third-order valence-corrected chi connectivity index (χ3v) is 6.02. The minimum Gasteiger partial charge on any atom is -0.497 e. The minimum absolute atomic E-state index is 0.0988. The van der Waals surface area contributed by atoms with E-state index in [-0.39, 0.29) is 5.91 Å². The molecule has 1 aliphatic rings. The molecule has 150 valence electrons. The van der Waals surface area contributed by atoms with E-state index >= 15 is 0 Å². The number of carbonyl (C=O) groups excluding carboxylic acids is 1. The SMILES string of the molecule is COc1ccc(-n2c(C)nnc2SCC(=O)N2CCCc3cc(C)ccc32)cc1. The molecule has 0 saturated carbocycles. The van der Waals surface area contributed by atoms with Crippen molar-refractivity contribution in [2.75, 3.05) is 24.3 Å². The van der Waals surface area contributed by atoms with Crippen LogP contribution in [0.3, 0.4) is 0 Å². The van der Waals surface area contributed by atoms with Gasteiger partial charge in [-0.2, -0.15) is 0 Å². The third kappa shape index (κ3) is 4.00. The summed E-state index contributed by atoms with van der Waals surface area (Å²) in [7, 11) is 1.64. The second kappa shape index (κ2) is 8.29. The molecule has 0 N–H and O–H groups in total. The number of benzene rings is 2. The molecular formula is C22H24N4O2S. The van der Waals surface area contributed by atoms with Crippen LogP contribution in [0.2, 0.25) is 0 Å². The number of hydrogen-bond acceptors (Lipinski definition) is 5. The van der Waals surface area contributed by atoms with Crippen molar-refractivity contribution in [2.45, 2.75) is 31.8 Å². The van der Waals surface area contributed by atoms with Crippen LogP contribution in [0.15, 0.2) is 47.6 Å². The summed E-state index contributed by atoms with van der Waals surface area (Å²) in [6.07, 6.45) is 2.02. The minimum atomic E-state index is 0.0988. The Kier molecular flexibility index (Phi) is 5.58. The molecule has 0 radical (unpaired) electrons. The number of rotatable bonds is 5. The number of amides is 1. The van der Waals surface area contributed by atoms with Crippen LogP contribution in [-0.4, -0.2) is 40.1 Å². The molecule has 0 atom stereocenters. The molecule has 4 rings (SSSR count). The number of anilines is 1. The number of aromatic nitrogens is 3. The van der Waals surface area contributed by atoms with Gasteiger partial charge in [-0.05, 0) is 62.6 Å². The first-order valence-corrected chi connectivity index (χ1v) is 10.6. The van der Waals surface area contributed by atoms with Crippen LogP contribution in [0.4, 0.5) is 5.69 Å². The molecule has 0 fully saturated rings. The number of nitrogens with zero attached hydrogens (tertiary/aromatic N) is 4. The predicted molar refractivity (Wildman–Crippen MR) is 115 cm³/mol. The van der Waals surface area contributed by atoms with Gasteiger partial charge in [0, 0.05) is 17.9 Å². The molecule has 1 amide bonds. The summed E-state index contributed by atoms with van der Waals surface area (Å²) in [5.41, 5.74) is 4.48. The van der Waals surface area contributed by atoms with Gasteiger partial charge in [0.1, 0.15) is 11.6 Å². The number of thioether (sulfide) groups is 1. The van der Waals surface area contributed by atoms with Crippen molar-refractivity contribution in [1.82, 2.24) is 14.8 Å². The fourth-order valence-electron chi connectivity index (χ4n) is 3.65. The quantitative estimate of drug-likeness (QED) is 0.598. The van der Waals surface area contributed by atoms with Crippen LogP contribution < -0.4 is 9.64 Å². The van der Waals surface area contributed by atoms with E-state index in [1.165, 1.54) is 22.9 Å². The van der Waals surface area contributed by atoms with E-state index in [9.17, 15) is 4.79 Å². The van der Waals surface area contributed by atoms with Gasteiger partial charge >= 0.3 is 0 Å². The molecule has 1 aromatic heterocycles. The standard InChI is InChI=1S/C22H24N4O2S/c1-15-6-11-20-17(13-15)5-4-12-25(20)21(27)14-29-22-24-23-16(2)26(22)18-7-9-19(28-3)10-8-18/h6-11,13H,4-5,12,14H2,1-3H3. The number of aryl methyl sites for hydroxylation is 3. The molecule has 0 saturated heterocycles. The Morgan fingerprint density at radius 1 is 1.14 bits per heavy atom. The lowest BCUT2D eigenvalue weighted by atomic mass is 10.00.